The van der Waals surface area contributed by atoms with Gasteiger partial charge in [0, 0.05) is 11.6 Å². The zero-order valence-electron chi connectivity index (χ0n) is 13.3. The summed E-state index contributed by atoms with van der Waals surface area (Å²) in [6.45, 7) is 5.63. The first-order valence-electron chi connectivity index (χ1n) is 7.27. The minimum absolute atomic E-state index is 0.0623. The highest BCUT2D eigenvalue weighted by atomic mass is 32.2. The average molecular weight is 336 g/mol. The number of nitrogens with zero attached hydrogens (tertiary/aromatic N) is 3. The van der Waals surface area contributed by atoms with E-state index in [2.05, 4.69) is 14.9 Å². The summed E-state index contributed by atoms with van der Waals surface area (Å²) in [4.78, 5) is 12.8. The van der Waals surface area contributed by atoms with Crippen LogP contribution < -0.4 is 4.72 Å². The third kappa shape index (κ3) is 4.46. The van der Waals surface area contributed by atoms with Crippen molar-refractivity contribution in [3.63, 3.8) is 0 Å². The van der Waals surface area contributed by atoms with Crippen LogP contribution in [-0.2, 0) is 16.6 Å². The van der Waals surface area contributed by atoms with E-state index in [0.717, 1.165) is 0 Å². The Hall–Kier alpha value is -2.06. The van der Waals surface area contributed by atoms with E-state index in [1.54, 1.807) is 12.4 Å². The molecule has 0 amide bonds. The van der Waals surface area contributed by atoms with Gasteiger partial charge in [0.1, 0.15) is 0 Å². The summed E-state index contributed by atoms with van der Waals surface area (Å²) >= 11 is 0. The van der Waals surface area contributed by atoms with Gasteiger partial charge in [0.25, 0.3) is 0 Å². The molecule has 124 valence electrons. The zero-order chi connectivity index (χ0) is 17.0. The molecule has 1 atom stereocenters. The Balaban J connectivity index is 2.18. The first-order valence-corrected chi connectivity index (χ1v) is 8.75. The van der Waals surface area contributed by atoms with E-state index in [9.17, 15) is 13.2 Å². The van der Waals surface area contributed by atoms with Crippen LogP contribution in [0.15, 0.2) is 41.6 Å². The fourth-order valence-corrected chi connectivity index (χ4v) is 3.41. The molecule has 2 rings (SSSR count). The van der Waals surface area contributed by atoms with Gasteiger partial charge >= 0.3 is 0 Å². The van der Waals surface area contributed by atoms with Crippen LogP contribution in [0.5, 0.6) is 0 Å². The normalized spacial score (nSPS) is 13.2. The molecule has 8 heteroatoms. The molecular weight excluding hydrogens is 316 g/mol. The molecular formula is C15H20N4O3S. The van der Waals surface area contributed by atoms with Gasteiger partial charge in [0.15, 0.2) is 5.78 Å². The van der Waals surface area contributed by atoms with Gasteiger partial charge in [-0.25, -0.2) is 13.1 Å². The first kappa shape index (κ1) is 17.3. The van der Waals surface area contributed by atoms with Gasteiger partial charge in [-0.1, -0.05) is 26.0 Å². The number of nitrogens with one attached hydrogen (secondary N) is 1. The van der Waals surface area contributed by atoms with Crippen molar-refractivity contribution >= 4 is 15.8 Å². The maximum Gasteiger partial charge on any atom is 0.240 e. The summed E-state index contributed by atoms with van der Waals surface area (Å²) < 4.78 is 27.7. The molecule has 0 radical (unpaired) electrons. The largest absolute Gasteiger partial charge is 0.295 e. The Morgan fingerprint density at radius 3 is 2.22 bits per heavy atom. The highest BCUT2D eigenvalue weighted by Crippen LogP contribution is 2.14. The van der Waals surface area contributed by atoms with Crippen LogP contribution in [0.4, 0.5) is 0 Å². The van der Waals surface area contributed by atoms with Crippen molar-refractivity contribution in [3.8, 4) is 0 Å². The molecule has 0 saturated carbocycles. The van der Waals surface area contributed by atoms with Crippen molar-refractivity contribution in [1.82, 2.24) is 19.7 Å². The van der Waals surface area contributed by atoms with E-state index in [1.807, 2.05) is 13.8 Å². The minimum Gasteiger partial charge on any atom is -0.295 e. The fourth-order valence-electron chi connectivity index (χ4n) is 2.03. The smallest absolute Gasteiger partial charge is 0.240 e. The summed E-state index contributed by atoms with van der Waals surface area (Å²) in [5, 5.41) is 8.01. The summed E-state index contributed by atoms with van der Waals surface area (Å²) in [5.41, 5.74) is 0.477. The molecule has 7 nitrogen and oxygen atoms in total. The Bertz CT molecular complexity index is 753. The van der Waals surface area contributed by atoms with Gasteiger partial charge in [-0.3, -0.25) is 4.79 Å². The maximum absolute atomic E-state index is 12.5. The number of carbonyl (C=O) groups is 1. The van der Waals surface area contributed by atoms with Gasteiger partial charge in [0.05, 0.1) is 23.8 Å². The number of hydrogen-bond donors (Lipinski definition) is 1. The van der Waals surface area contributed by atoms with E-state index in [-0.39, 0.29) is 22.6 Å². The lowest BCUT2D eigenvalue weighted by molar-refractivity contribution is 0.101. The van der Waals surface area contributed by atoms with E-state index in [4.69, 9.17) is 0 Å². The van der Waals surface area contributed by atoms with E-state index >= 15 is 0 Å². The highest BCUT2D eigenvalue weighted by Gasteiger charge is 2.23. The molecule has 1 N–H and O–H groups in total. The summed E-state index contributed by atoms with van der Waals surface area (Å²) in [7, 11) is -3.68. The Kier molecular flexibility index (Phi) is 5.27. The second-order valence-electron chi connectivity index (χ2n) is 5.64. The van der Waals surface area contributed by atoms with Crippen molar-refractivity contribution in [2.24, 2.45) is 5.92 Å². The maximum atomic E-state index is 12.5. The van der Waals surface area contributed by atoms with Gasteiger partial charge in [0.2, 0.25) is 10.0 Å². The van der Waals surface area contributed by atoms with Gasteiger partial charge in [-0.15, -0.1) is 0 Å². The summed E-state index contributed by atoms with van der Waals surface area (Å²) in [6, 6.07) is 5.54. The van der Waals surface area contributed by atoms with Crippen molar-refractivity contribution in [3.05, 3.63) is 42.2 Å². The van der Waals surface area contributed by atoms with Crippen LogP contribution in [0.3, 0.4) is 0 Å². The lowest BCUT2D eigenvalue weighted by atomic mass is 10.1. The molecule has 0 bridgehead atoms. The topological polar surface area (TPSA) is 94.0 Å². The van der Waals surface area contributed by atoms with Crippen LogP contribution >= 0.6 is 0 Å². The molecule has 0 saturated heterocycles. The number of sulfonamides is 1. The number of rotatable bonds is 7. The molecule has 1 aromatic heterocycles. The monoisotopic (exact) mass is 336 g/mol. The zero-order valence-corrected chi connectivity index (χ0v) is 14.1. The molecule has 1 heterocycles. The number of Topliss-reactive ketones (excluding diaryl/α,β-unsaturated/α-hetero) is 1. The lowest BCUT2D eigenvalue weighted by Gasteiger charge is -2.21. The molecule has 0 fully saturated rings. The molecule has 23 heavy (non-hydrogen) atoms. The molecule has 0 aliphatic heterocycles. The Morgan fingerprint density at radius 1 is 1.17 bits per heavy atom. The predicted molar refractivity (Wildman–Crippen MR) is 85.4 cm³/mol. The molecule has 1 aromatic carbocycles. The quantitative estimate of drug-likeness (QED) is 0.773. The van der Waals surface area contributed by atoms with Crippen LogP contribution in [0.1, 0.15) is 31.1 Å². The number of ketones is 1. The van der Waals surface area contributed by atoms with Crippen molar-refractivity contribution in [1.29, 1.82) is 0 Å². The molecule has 0 spiro atoms. The van der Waals surface area contributed by atoms with Crippen LogP contribution in [0.25, 0.3) is 0 Å². The second kappa shape index (κ2) is 7.01. The summed E-state index contributed by atoms with van der Waals surface area (Å²) in [6.07, 6.45) is 3.10. The Labute approximate surface area is 135 Å². The predicted octanol–water partition coefficient (Wildman–Crippen LogP) is 1.48. The van der Waals surface area contributed by atoms with E-state index in [0.29, 0.717) is 12.1 Å². The number of benzene rings is 1. The Morgan fingerprint density at radius 2 is 1.74 bits per heavy atom. The number of aromatic nitrogens is 3. The second-order valence-corrected chi connectivity index (χ2v) is 7.35. The SMILES string of the molecule is CC(=O)c1ccc(S(=O)(=O)NC(Cn2nccn2)C(C)C)cc1. The van der Waals surface area contributed by atoms with Crippen LogP contribution in [0.2, 0.25) is 0 Å². The number of hydrogen-bond acceptors (Lipinski definition) is 5. The molecule has 2 aromatic rings. The van der Waals surface area contributed by atoms with Crippen LogP contribution in [0, 0.1) is 5.92 Å². The lowest BCUT2D eigenvalue weighted by Crippen LogP contribution is -2.41. The molecule has 0 aliphatic rings. The molecule has 0 aliphatic carbocycles. The third-order valence-corrected chi connectivity index (χ3v) is 5.01. The first-order chi connectivity index (χ1) is 10.8. The third-order valence-electron chi connectivity index (χ3n) is 3.51. The van der Waals surface area contributed by atoms with Crippen molar-refractivity contribution in [2.75, 3.05) is 0 Å². The van der Waals surface area contributed by atoms with Crippen molar-refractivity contribution in [2.45, 2.75) is 38.3 Å². The van der Waals surface area contributed by atoms with Gasteiger partial charge in [-0.05, 0) is 25.0 Å². The fraction of sp³-hybridized carbons (Fsp3) is 0.400. The average Bonchev–Trinajstić information content (AvgIpc) is 2.99. The van der Waals surface area contributed by atoms with Crippen molar-refractivity contribution < 1.29 is 13.2 Å². The highest BCUT2D eigenvalue weighted by molar-refractivity contribution is 7.89. The van der Waals surface area contributed by atoms with Gasteiger partial charge in [-0.2, -0.15) is 15.0 Å². The van der Waals surface area contributed by atoms with E-state index in [1.165, 1.54) is 36.0 Å². The van der Waals surface area contributed by atoms with E-state index < -0.39 is 10.0 Å². The van der Waals surface area contributed by atoms with Gasteiger partial charge < -0.3 is 0 Å². The number of carbonyl (C=O) groups excluding carboxylic acids is 1. The van der Waals surface area contributed by atoms with Crippen LogP contribution in [-0.4, -0.2) is 35.2 Å². The minimum atomic E-state index is -3.68. The standard InChI is InChI=1S/C15H20N4O3S/c1-11(2)15(10-19-16-8-9-17-19)18-23(21,22)14-6-4-13(5-7-14)12(3)20/h4-9,11,15,18H,10H2,1-3H3. The summed E-state index contributed by atoms with van der Waals surface area (Å²) in [5.74, 6) is -0.0426. The molecule has 1 unspecified atom stereocenters.